The average molecular weight is 270 g/mol. The zero-order valence-electron chi connectivity index (χ0n) is 11.1. The van der Waals surface area contributed by atoms with Crippen LogP contribution in [0, 0.1) is 11.2 Å². The smallest absolute Gasteiger partial charge is 0.142 e. The van der Waals surface area contributed by atoms with Crippen molar-refractivity contribution in [2.75, 3.05) is 6.54 Å². The standard InChI is InChI=1S/C15H21ClFN/c1-3-15(7-4-8-15)10-18-11(2)12-5-6-13(16)14(17)9-12/h5-6,9,11,18H,3-4,7-8,10H2,1-2H3. The van der Waals surface area contributed by atoms with Crippen LogP contribution in [0.3, 0.4) is 0 Å². The van der Waals surface area contributed by atoms with Gasteiger partial charge in [0.05, 0.1) is 5.02 Å². The van der Waals surface area contributed by atoms with Crippen molar-refractivity contribution in [3.63, 3.8) is 0 Å². The highest BCUT2D eigenvalue weighted by Gasteiger charge is 2.34. The molecule has 0 amide bonds. The van der Waals surface area contributed by atoms with Crippen molar-refractivity contribution in [1.29, 1.82) is 0 Å². The molecule has 1 saturated carbocycles. The summed E-state index contributed by atoms with van der Waals surface area (Å²) in [6, 6.07) is 5.21. The van der Waals surface area contributed by atoms with Crippen LogP contribution in [0.5, 0.6) is 0 Å². The van der Waals surface area contributed by atoms with Crippen LogP contribution in [0.4, 0.5) is 4.39 Å². The molecule has 1 nitrogen and oxygen atoms in total. The number of benzene rings is 1. The molecule has 0 radical (unpaired) electrons. The second kappa shape index (κ2) is 5.58. The largest absolute Gasteiger partial charge is 0.310 e. The molecule has 1 N–H and O–H groups in total. The monoisotopic (exact) mass is 269 g/mol. The summed E-state index contributed by atoms with van der Waals surface area (Å²) in [6.07, 6.45) is 5.21. The fraction of sp³-hybridized carbons (Fsp3) is 0.600. The van der Waals surface area contributed by atoms with Gasteiger partial charge in [0, 0.05) is 12.6 Å². The first-order valence-electron chi connectivity index (χ1n) is 6.75. The maximum atomic E-state index is 13.4. The van der Waals surface area contributed by atoms with E-state index in [9.17, 15) is 4.39 Å². The molecular formula is C15H21ClFN. The molecule has 2 rings (SSSR count). The minimum atomic E-state index is -0.336. The van der Waals surface area contributed by atoms with Gasteiger partial charge in [-0.25, -0.2) is 4.39 Å². The zero-order valence-corrected chi connectivity index (χ0v) is 11.9. The van der Waals surface area contributed by atoms with Crippen LogP contribution < -0.4 is 5.32 Å². The van der Waals surface area contributed by atoms with Crippen molar-refractivity contribution >= 4 is 11.6 Å². The van der Waals surface area contributed by atoms with Gasteiger partial charge in [-0.05, 0) is 49.3 Å². The Morgan fingerprint density at radius 1 is 1.44 bits per heavy atom. The third-order valence-electron chi connectivity index (χ3n) is 4.39. The Bertz CT molecular complexity index is 409. The molecule has 0 spiro atoms. The van der Waals surface area contributed by atoms with E-state index in [0.29, 0.717) is 5.41 Å². The summed E-state index contributed by atoms with van der Waals surface area (Å²) in [4.78, 5) is 0. The van der Waals surface area contributed by atoms with E-state index < -0.39 is 0 Å². The second-order valence-corrected chi connectivity index (χ2v) is 5.89. The lowest BCUT2D eigenvalue weighted by atomic mass is 9.67. The first kappa shape index (κ1) is 13.8. The molecule has 0 heterocycles. The van der Waals surface area contributed by atoms with Crippen molar-refractivity contribution < 1.29 is 4.39 Å². The molecule has 100 valence electrons. The molecule has 3 heteroatoms. The van der Waals surface area contributed by atoms with Gasteiger partial charge in [0.25, 0.3) is 0 Å². The maximum absolute atomic E-state index is 13.4. The molecule has 1 aromatic rings. The number of halogens is 2. The Kier molecular flexibility index (Phi) is 4.29. The van der Waals surface area contributed by atoms with Crippen LogP contribution >= 0.6 is 11.6 Å². The predicted molar refractivity (Wildman–Crippen MR) is 74.4 cm³/mol. The molecule has 1 aliphatic rings. The van der Waals surface area contributed by atoms with Crippen molar-refractivity contribution in [1.82, 2.24) is 5.32 Å². The van der Waals surface area contributed by atoms with Gasteiger partial charge in [0.15, 0.2) is 0 Å². The molecule has 18 heavy (non-hydrogen) atoms. The summed E-state index contributed by atoms with van der Waals surface area (Å²) in [7, 11) is 0. The topological polar surface area (TPSA) is 12.0 Å². The number of nitrogens with one attached hydrogen (secondary N) is 1. The summed E-state index contributed by atoms with van der Waals surface area (Å²) in [5.41, 5.74) is 1.45. The summed E-state index contributed by atoms with van der Waals surface area (Å²) in [5, 5.41) is 3.72. The van der Waals surface area contributed by atoms with E-state index in [1.807, 2.05) is 6.07 Å². The van der Waals surface area contributed by atoms with Gasteiger partial charge in [-0.2, -0.15) is 0 Å². The van der Waals surface area contributed by atoms with Gasteiger partial charge >= 0.3 is 0 Å². The lowest BCUT2D eigenvalue weighted by Crippen LogP contribution is -2.40. The zero-order chi connectivity index (χ0) is 13.2. The van der Waals surface area contributed by atoms with Crippen molar-refractivity contribution in [2.45, 2.75) is 45.6 Å². The summed E-state index contributed by atoms with van der Waals surface area (Å²) < 4.78 is 13.4. The predicted octanol–water partition coefficient (Wildman–Crippen LogP) is 4.71. The van der Waals surface area contributed by atoms with E-state index >= 15 is 0 Å². The van der Waals surface area contributed by atoms with E-state index in [4.69, 9.17) is 11.6 Å². The van der Waals surface area contributed by atoms with Crippen molar-refractivity contribution in [2.24, 2.45) is 5.41 Å². The van der Waals surface area contributed by atoms with Gasteiger partial charge in [0.2, 0.25) is 0 Å². The summed E-state index contributed by atoms with van der Waals surface area (Å²) in [6.45, 7) is 5.35. The first-order valence-corrected chi connectivity index (χ1v) is 7.12. The van der Waals surface area contributed by atoms with Gasteiger partial charge in [0.1, 0.15) is 5.82 Å². The molecule has 1 aromatic carbocycles. The maximum Gasteiger partial charge on any atom is 0.142 e. The Labute approximate surface area is 114 Å². The van der Waals surface area contributed by atoms with Gasteiger partial charge in [-0.3, -0.25) is 0 Å². The molecule has 1 aliphatic carbocycles. The summed E-state index contributed by atoms with van der Waals surface area (Å²) >= 11 is 5.69. The van der Waals surface area contributed by atoms with Crippen molar-refractivity contribution in [3.05, 3.63) is 34.6 Å². The lowest BCUT2D eigenvalue weighted by molar-refractivity contribution is 0.120. The molecule has 0 bridgehead atoms. The lowest BCUT2D eigenvalue weighted by Gasteiger charge is -2.42. The average Bonchev–Trinajstić information content (AvgIpc) is 2.31. The summed E-state index contributed by atoms with van der Waals surface area (Å²) in [5.74, 6) is -0.336. The fourth-order valence-electron chi connectivity index (χ4n) is 2.60. The Hall–Kier alpha value is -0.600. The molecular weight excluding hydrogens is 249 g/mol. The molecule has 0 saturated heterocycles. The highest BCUT2D eigenvalue weighted by molar-refractivity contribution is 6.30. The van der Waals surface area contributed by atoms with Gasteiger partial charge in [-0.15, -0.1) is 0 Å². The minimum absolute atomic E-state index is 0.167. The molecule has 1 atom stereocenters. The van der Waals surface area contributed by atoms with Crippen LogP contribution in [-0.4, -0.2) is 6.54 Å². The third kappa shape index (κ3) is 2.86. The second-order valence-electron chi connectivity index (χ2n) is 5.48. The number of hydrogen-bond acceptors (Lipinski definition) is 1. The van der Waals surface area contributed by atoms with Crippen molar-refractivity contribution in [3.8, 4) is 0 Å². The SMILES string of the molecule is CCC1(CNC(C)c2ccc(Cl)c(F)c2)CCC1. The van der Waals surface area contributed by atoms with E-state index in [-0.39, 0.29) is 16.9 Å². The third-order valence-corrected chi connectivity index (χ3v) is 4.70. The van der Waals surface area contributed by atoms with Gasteiger partial charge in [-0.1, -0.05) is 31.0 Å². The van der Waals surface area contributed by atoms with Crippen LogP contribution in [0.1, 0.15) is 51.1 Å². The molecule has 1 unspecified atom stereocenters. The van der Waals surface area contributed by atoms with E-state index in [2.05, 4.69) is 19.2 Å². The van der Waals surface area contributed by atoms with E-state index in [1.54, 1.807) is 6.07 Å². The molecule has 0 aliphatic heterocycles. The molecule has 1 fully saturated rings. The minimum Gasteiger partial charge on any atom is -0.310 e. The van der Waals surface area contributed by atoms with Crippen LogP contribution in [0.15, 0.2) is 18.2 Å². The normalized spacial score (nSPS) is 19.3. The highest BCUT2D eigenvalue weighted by Crippen LogP contribution is 2.43. The quantitative estimate of drug-likeness (QED) is 0.816. The molecule has 0 aromatic heterocycles. The van der Waals surface area contributed by atoms with E-state index in [0.717, 1.165) is 12.1 Å². The Morgan fingerprint density at radius 2 is 2.17 bits per heavy atom. The highest BCUT2D eigenvalue weighted by atomic mass is 35.5. The Morgan fingerprint density at radius 3 is 2.67 bits per heavy atom. The number of rotatable bonds is 5. The van der Waals surface area contributed by atoms with Crippen LogP contribution in [0.25, 0.3) is 0 Å². The van der Waals surface area contributed by atoms with Crippen LogP contribution in [-0.2, 0) is 0 Å². The fourth-order valence-corrected chi connectivity index (χ4v) is 2.72. The number of hydrogen-bond donors (Lipinski definition) is 1. The van der Waals surface area contributed by atoms with Gasteiger partial charge < -0.3 is 5.32 Å². The first-order chi connectivity index (χ1) is 8.56. The van der Waals surface area contributed by atoms with E-state index in [1.165, 1.54) is 31.7 Å². The van der Waals surface area contributed by atoms with Crippen LogP contribution in [0.2, 0.25) is 5.02 Å². The Balaban J connectivity index is 1.94.